The van der Waals surface area contributed by atoms with E-state index in [0.29, 0.717) is 36.8 Å². The lowest BCUT2D eigenvalue weighted by Gasteiger charge is -2.61. The summed E-state index contributed by atoms with van der Waals surface area (Å²) in [7, 11) is 0. The van der Waals surface area contributed by atoms with Crippen LogP contribution in [0.25, 0.3) is 0 Å². The van der Waals surface area contributed by atoms with E-state index in [4.69, 9.17) is 0 Å². The molecule has 8 nitrogen and oxygen atoms in total. The Balaban J connectivity index is 1.75. The fraction of sp³-hybridized carbons (Fsp3) is 0.800. The molecule has 38 heavy (non-hydrogen) atoms. The average molecular weight is 533 g/mol. The normalized spacial score (nSPS) is 42.6. The number of ketones is 3. The van der Waals surface area contributed by atoms with E-state index in [1.165, 1.54) is 6.92 Å². The van der Waals surface area contributed by atoms with Crippen molar-refractivity contribution in [2.24, 2.45) is 45.3 Å². The number of carboxylic acids is 1. The molecule has 0 aromatic carbocycles. The molecule has 212 valence electrons. The summed E-state index contributed by atoms with van der Waals surface area (Å²) >= 11 is 0. The van der Waals surface area contributed by atoms with E-state index in [0.717, 1.165) is 0 Å². The quantitative estimate of drug-likeness (QED) is 0.381. The maximum absolute atomic E-state index is 14.1. The van der Waals surface area contributed by atoms with Crippen LogP contribution in [0, 0.1) is 45.3 Å². The van der Waals surface area contributed by atoms with Crippen LogP contribution >= 0.6 is 0 Å². The Hall–Kier alpha value is -1.90. The van der Waals surface area contributed by atoms with Crippen molar-refractivity contribution in [2.45, 2.75) is 105 Å². The van der Waals surface area contributed by atoms with Crippen LogP contribution in [-0.2, 0) is 19.2 Å². The molecular formula is C30H44O8. The Morgan fingerprint density at radius 2 is 1.63 bits per heavy atom. The number of allylic oxidation sites excluding steroid dienone is 1. The molecule has 2 saturated carbocycles. The summed E-state index contributed by atoms with van der Waals surface area (Å²) in [5.41, 5.74) is -1.69. The minimum absolute atomic E-state index is 0.0260. The fourth-order valence-corrected chi connectivity index (χ4v) is 9.23. The minimum Gasteiger partial charge on any atom is -0.481 e. The molecule has 2 fully saturated rings. The second kappa shape index (κ2) is 9.07. The zero-order valence-electron chi connectivity index (χ0n) is 23.7. The molecular weight excluding hydrogens is 488 g/mol. The van der Waals surface area contributed by atoms with Crippen molar-refractivity contribution in [3.05, 3.63) is 11.1 Å². The molecule has 0 heterocycles. The zero-order valence-corrected chi connectivity index (χ0v) is 23.7. The van der Waals surface area contributed by atoms with Crippen molar-refractivity contribution in [3.63, 3.8) is 0 Å². The third kappa shape index (κ3) is 3.73. The molecule has 0 bridgehead atoms. The number of aliphatic carboxylic acids is 1. The number of fused-ring (bicyclic) bond motifs is 4. The molecule has 8 heteroatoms. The second-order valence-electron chi connectivity index (χ2n) is 13.9. The Labute approximate surface area is 224 Å². The number of rotatable bonds is 6. The number of carbonyl (C=O) groups excluding carboxylic acids is 3. The molecule has 0 spiro atoms. The van der Waals surface area contributed by atoms with Gasteiger partial charge in [0.1, 0.15) is 17.8 Å². The topological polar surface area (TPSA) is 149 Å². The molecule has 4 rings (SSSR count). The van der Waals surface area contributed by atoms with Crippen molar-refractivity contribution < 1.29 is 39.6 Å². The van der Waals surface area contributed by atoms with E-state index < -0.39 is 57.6 Å². The molecule has 4 aliphatic rings. The van der Waals surface area contributed by atoms with Crippen LogP contribution in [-0.4, -0.2) is 62.1 Å². The molecule has 0 aromatic rings. The Kier molecular flexibility index (Phi) is 6.94. The van der Waals surface area contributed by atoms with E-state index in [9.17, 15) is 39.6 Å². The van der Waals surface area contributed by atoms with Gasteiger partial charge in [-0.05, 0) is 61.3 Å². The van der Waals surface area contributed by atoms with Gasteiger partial charge in [-0.2, -0.15) is 0 Å². The minimum atomic E-state index is -1.46. The average Bonchev–Trinajstić information content (AvgIpc) is 3.03. The predicted octanol–water partition coefficient (Wildman–Crippen LogP) is 3.10. The van der Waals surface area contributed by atoms with Gasteiger partial charge in [0.25, 0.3) is 0 Å². The van der Waals surface area contributed by atoms with Crippen molar-refractivity contribution in [2.75, 3.05) is 0 Å². The van der Waals surface area contributed by atoms with E-state index in [1.807, 2.05) is 41.5 Å². The van der Waals surface area contributed by atoms with E-state index in [-0.39, 0.29) is 42.2 Å². The standard InChI is InChI=1S/C30H44O8/c1-14(10-18(32)25(36)15(2)26(37)38)16-11-22(35)30(7)24-17(31)12-20-27(3,4)21(34)8-9-28(20,5)23(24)19(33)13-29(16,30)6/h14-18,20,22,31-32,35H,8-13H2,1-7H3,(H,37,38). The number of carboxylic acid groups (broad SMARTS) is 1. The molecule has 4 aliphatic carbocycles. The van der Waals surface area contributed by atoms with Gasteiger partial charge in [0, 0.05) is 34.7 Å². The Bertz CT molecular complexity index is 1110. The van der Waals surface area contributed by atoms with Crippen molar-refractivity contribution >= 4 is 23.3 Å². The second-order valence-corrected chi connectivity index (χ2v) is 13.9. The van der Waals surface area contributed by atoms with Crippen LogP contribution in [0.3, 0.4) is 0 Å². The highest BCUT2D eigenvalue weighted by Crippen LogP contribution is 2.71. The van der Waals surface area contributed by atoms with Gasteiger partial charge >= 0.3 is 5.97 Å². The summed E-state index contributed by atoms with van der Waals surface area (Å²) in [6.07, 6.45) is -1.49. The molecule has 0 aromatic heterocycles. The maximum atomic E-state index is 14.1. The van der Waals surface area contributed by atoms with Gasteiger partial charge in [-0.25, -0.2) is 0 Å². The summed E-state index contributed by atoms with van der Waals surface area (Å²) in [6, 6.07) is 0. The lowest BCUT2D eigenvalue weighted by molar-refractivity contribution is -0.149. The molecule has 4 N–H and O–H groups in total. The molecule has 0 radical (unpaired) electrons. The first-order valence-corrected chi connectivity index (χ1v) is 14.0. The SMILES string of the molecule is CC(C(=O)O)C(=O)C(O)CC(C)C1CC(O)C2(C)C3=C(C(=O)CC12C)C1(C)CCC(=O)C(C)(C)C1CC3O. The number of aliphatic hydroxyl groups is 3. The maximum Gasteiger partial charge on any atom is 0.313 e. The van der Waals surface area contributed by atoms with E-state index in [2.05, 4.69) is 0 Å². The third-order valence-electron chi connectivity index (χ3n) is 11.8. The highest BCUT2D eigenvalue weighted by molar-refractivity contribution is 6.01. The molecule has 0 aliphatic heterocycles. The summed E-state index contributed by atoms with van der Waals surface area (Å²) < 4.78 is 0. The highest BCUT2D eigenvalue weighted by atomic mass is 16.4. The zero-order chi connectivity index (χ0) is 28.7. The fourth-order valence-electron chi connectivity index (χ4n) is 9.23. The summed E-state index contributed by atoms with van der Waals surface area (Å²) in [6.45, 7) is 12.9. The van der Waals surface area contributed by atoms with E-state index >= 15 is 0 Å². The van der Waals surface area contributed by atoms with Crippen molar-refractivity contribution in [1.82, 2.24) is 0 Å². The van der Waals surface area contributed by atoms with Crippen LogP contribution in [0.5, 0.6) is 0 Å². The van der Waals surface area contributed by atoms with Crippen molar-refractivity contribution in [1.29, 1.82) is 0 Å². The van der Waals surface area contributed by atoms with Crippen LogP contribution in [0.1, 0.15) is 87.0 Å². The largest absolute Gasteiger partial charge is 0.481 e. The lowest BCUT2D eigenvalue weighted by Crippen LogP contribution is -2.60. The monoisotopic (exact) mass is 532 g/mol. The number of carbonyl (C=O) groups is 4. The molecule has 0 saturated heterocycles. The van der Waals surface area contributed by atoms with Crippen LogP contribution in [0.4, 0.5) is 0 Å². The van der Waals surface area contributed by atoms with Crippen LogP contribution < -0.4 is 0 Å². The van der Waals surface area contributed by atoms with Gasteiger partial charge in [0.2, 0.25) is 0 Å². The number of hydrogen-bond acceptors (Lipinski definition) is 7. The van der Waals surface area contributed by atoms with Gasteiger partial charge in [-0.15, -0.1) is 0 Å². The van der Waals surface area contributed by atoms with Gasteiger partial charge in [-0.3, -0.25) is 19.2 Å². The van der Waals surface area contributed by atoms with Crippen molar-refractivity contribution in [3.8, 4) is 0 Å². The van der Waals surface area contributed by atoms with Crippen LogP contribution in [0.2, 0.25) is 0 Å². The van der Waals surface area contributed by atoms with E-state index in [1.54, 1.807) is 0 Å². The predicted molar refractivity (Wildman–Crippen MR) is 139 cm³/mol. The van der Waals surface area contributed by atoms with Gasteiger partial charge in [0.15, 0.2) is 11.6 Å². The molecule has 10 atom stereocenters. The van der Waals surface area contributed by atoms with Gasteiger partial charge in [0.05, 0.1) is 12.2 Å². The highest BCUT2D eigenvalue weighted by Gasteiger charge is 2.70. The van der Waals surface area contributed by atoms with Gasteiger partial charge < -0.3 is 20.4 Å². The van der Waals surface area contributed by atoms with Crippen LogP contribution in [0.15, 0.2) is 11.1 Å². The lowest BCUT2D eigenvalue weighted by atomic mass is 9.42. The number of Topliss-reactive ketones (excluding diaryl/α,β-unsaturated/α-hetero) is 3. The van der Waals surface area contributed by atoms with Gasteiger partial charge in [-0.1, -0.05) is 41.5 Å². The number of hydrogen-bond donors (Lipinski definition) is 4. The first-order chi connectivity index (χ1) is 17.4. The smallest absolute Gasteiger partial charge is 0.313 e. The Morgan fingerprint density at radius 1 is 1.03 bits per heavy atom. The number of aliphatic hydroxyl groups excluding tert-OH is 3. The first-order valence-electron chi connectivity index (χ1n) is 14.0. The molecule has 0 amide bonds. The first kappa shape index (κ1) is 29.1. The summed E-state index contributed by atoms with van der Waals surface area (Å²) in [5.74, 6) is -4.00. The summed E-state index contributed by atoms with van der Waals surface area (Å²) in [4.78, 5) is 50.6. The third-order valence-corrected chi connectivity index (χ3v) is 11.8. The summed E-state index contributed by atoms with van der Waals surface area (Å²) in [5, 5.41) is 43.0. The molecule has 10 unspecified atom stereocenters. The Morgan fingerprint density at radius 3 is 2.21 bits per heavy atom.